The summed E-state index contributed by atoms with van der Waals surface area (Å²) in [6, 6.07) is 15.4. The van der Waals surface area contributed by atoms with Gasteiger partial charge in [0.25, 0.3) is 0 Å². The molecule has 0 amide bonds. The molecule has 0 N–H and O–H groups in total. The number of rotatable bonds is 4. The summed E-state index contributed by atoms with van der Waals surface area (Å²) in [6.07, 6.45) is 0. The SMILES string of the molecule is COc1ccc(-c2cc(OC(=O)c3ccc(F)cc3)cc3sc(=O)oc23)cc1. The molecular formula is C21H13FO5S. The Labute approximate surface area is 162 Å². The quantitative estimate of drug-likeness (QED) is 0.363. The Morgan fingerprint density at radius 3 is 2.39 bits per heavy atom. The van der Waals surface area contributed by atoms with E-state index >= 15 is 0 Å². The van der Waals surface area contributed by atoms with E-state index in [2.05, 4.69) is 0 Å². The second-order valence-corrected chi connectivity index (χ2v) is 6.85. The maximum absolute atomic E-state index is 13.0. The van der Waals surface area contributed by atoms with Crippen LogP contribution in [-0.4, -0.2) is 13.1 Å². The number of hydrogen-bond donors (Lipinski definition) is 0. The van der Waals surface area contributed by atoms with Crippen molar-refractivity contribution < 1.29 is 23.1 Å². The Morgan fingerprint density at radius 1 is 1.00 bits per heavy atom. The van der Waals surface area contributed by atoms with Gasteiger partial charge in [0.1, 0.15) is 17.3 Å². The van der Waals surface area contributed by atoms with Gasteiger partial charge in [-0.1, -0.05) is 23.5 Å². The van der Waals surface area contributed by atoms with Crippen LogP contribution in [0.4, 0.5) is 4.39 Å². The van der Waals surface area contributed by atoms with E-state index in [-0.39, 0.29) is 11.3 Å². The molecule has 1 aromatic heterocycles. The van der Waals surface area contributed by atoms with E-state index in [4.69, 9.17) is 13.9 Å². The largest absolute Gasteiger partial charge is 0.497 e. The number of carbonyl (C=O) groups is 1. The summed E-state index contributed by atoms with van der Waals surface area (Å²) in [6.45, 7) is 0. The van der Waals surface area contributed by atoms with Crippen molar-refractivity contribution >= 4 is 27.6 Å². The maximum atomic E-state index is 13.0. The van der Waals surface area contributed by atoms with E-state index in [1.807, 2.05) is 12.1 Å². The van der Waals surface area contributed by atoms with Gasteiger partial charge in [-0.15, -0.1) is 0 Å². The number of fused-ring (bicyclic) bond motifs is 1. The zero-order chi connectivity index (χ0) is 19.7. The predicted molar refractivity (Wildman–Crippen MR) is 104 cm³/mol. The van der Waals surface area contributed by atoms with Crippen molar-refractivity contribution in [3.8, 4) is 22.6 Å². The van der Waals surface area contributed by atoms with Gasteiger partial charge in [-0.05, 0) is 48.0 Å². The zero-order valence-electron chi connectivity index (χ0n) is 14.6. The second kappa shape index (κ2) is 7.28. The lowest BCUT2D eigenvalue weighted by molar-refractivity contribution is 0.0735. The molecule has 5 nitrogen and oxygen atoms in total. The lowest BCUT2D eigenvalue weighted by atomic mass is 10.0. The van der Waals surface area contributed by atoms with Gasteiger partial charge in [-0.3, -0.25) is 0 Å². The summed E-state index contributed by atoms with van der Waals surface area (Å²) in [5.41, 5.74) is 2.02. The molecule has 0 saturated heterocycles. The van der Waals surface area contributed by atoms with E-state index in [0.717, 1.165) is 16.9 Å². The summed E-state index contributed by atoms with van der Waals surface area (Å²) in [7, 11) is 1.57. The number of ether oxygens (including phenoxy) is 2. The number of halogens is 1. The van der Waals surface area contributed by atoms with Crippen LogP contribution < -0.4 is 14.4 Å². The third-order valence-corrected chi connectivity index (χ3v) is 4.87. The van der Waals surface area contributed by atoms with Crippen LogP contribution in [0.5, 0.6) is 11.5 Å². The summed E-state index contributed by atoms with van der Waals surface area (Å²) < 4.78 is 29.5. The van der Waals surface area contributed by atoms with Crippen LogP contribution in [0.3, 0.4) is 0 Å². The molecular weight excluding hydrogens is 383 g/mol. The van der Waals surface area contributed by atoms with E-state index in [1.54, 1.807) is 31.4 Å². The lowest BCUT2D eigenvalue weighted by Crippen LogP contribution is -2.08. The average Bonchev–Trinajstić information content (AvgIpc) is 3.08. The summed E-state index contributed by atoms with van der Waals surface area (Å²) >= 11 is 0.920. The smallest absolute Gasteiger partial charge is 0.396 e. The van der Waals surface area contributed by atoms with Gasteiger partial charge < -0.3 is 13.9 Å². The molecule has 1 heterocycles. The van der Waals surface area contributed by atoms with Gasteiger partial charge in [0.15, 0.2) is 5.58 Å². The second-order valence-electron chi connectivity index (χ2n) is 5.88. The van der Waals surface area contributed by atoms with Crippen LogP contribution in [-0.2, 0) is 0 Å². The molecule has 3 aromatic carbocycles. The molecule has 0 spiro atoms. The molecule has 140 valence electrons. The molecule has 28 heavy (non-hydrogen) atoms. The van der Waals surface area contributed by atoms with Gasteiger partial charge in [-0.25, -0.2) is 14.0 Å². The number of carbonyl (C=O) groups excluding carboxylic acids is 1. The van der Waals surface area contributed by atoms with Crippen molar-refractivity contribution in [2.45, 2.75) is 0 Å². The summed E-state index contributed by atoms with van der Waals surface area (Å²) in [5.74, 6) is -0.130. The highest BCUT2D eigenvalue weighted by Gasteiger charge is 2.16. The van der Waals surface area contributed by atoms with Crippen molar-refractivity contribution in [2.75, 3.05) is 7.11 Å². The van der Waals surface area contributed by atoms with Crippen LogP contribution in [0.25, 0.3) is 21.4 Å². The first-order valence-corrected chi connectivity index (χ1v) is 9.05. The molecule has 0 bridgehead atoms. The van der Waals surface area contributed by atoms with E-state index in [0.29, 0.717) is 21.6 Å². The first-order chi connectivity index (χ1) is 13.5. The topological polar surface area (TPSA) is 65.7 Å². The standard InChI is InChI=1S/C21H13FO5S/c1-25-15-8-4-12(5-9-15)17-10-16(11-18-19(17)27-21(24)28-18)26-20(23)13-2-6-14(22)7-3-13/h2-11H,1H3. The molecule has 0 fully saturated rings. The summed E-state index contributed by atoms with van der Waals surface area (Å²) in [4.78, 5) is 23.7. The van der Waals surface area contributed by atoms with E-state index < -0.39 is 16.7 Å². The number of esters is 1. The first-order valence-electron chi connectivity index (χ1n) is 8.23. The van der Waals surface area contributed by atoms with E-state index in [1.165, 1.54) is 24.3 Å². The van der Waals surface area contributed by atoms with Gasteiger partial charge in [0, 0.05) is 11.6 Å². The Morgan fingerprint density at radius 2 is 1.71 bits per heavy atom. The number of methoxy groups -OCH3 is 1. The van der Waals surface area contributed by atoms with Gasteiger partial charge in [0.05, 0.1) is 17.4 Å². The van der Waals surface area contributed by atoms with Crippen molar-refractivity contribution in [3.63, 3.8) is 0 Å². The molecule has 0 aliphatic carbocycles. The predicted octanol–water partition coefficient (Wildman–Crippen LogP) is 4.89. The monoisotopic (exact) mass is 396 g/mol. The van der Waals surface area contributed by atoms with Crippen molar-refractivity contribution in [1.82, 2.24) is 0 Å². The molecule has 0 radical (unpaired) electrons. The highest BCUT2D eigenvalue weighted by Crippen LogP contribution is 2.35. The fraction of sp³-hybridized carbons (Fsp3) is 0.0476. The van der Waals surface area contributed by atoms with Crippen LogP contribution >= 0.6 is 11.3 Å². The molecule has 0 aliphatic rings. The average molecular weight is 396 g/mol. The third kappa shape index (κ3) is 3.52. The normalized spacial score (nSPS) is 10.8. The van der Waals surface area contributed by atoms with Gasteiger partial charge >= 0.3 is 10.9 Å². The highest BCUT2D eigenvalue weighted by molar-refractivity contribution is 7.16. The Kier molecular flexibility index (Phi) is 4.67. The fourth-order valence-corrected chi connectivity index (χ4v) is 3.47. The van der Waals surface area contributed by atoms with Crippen LogP contribution in [0, 0.1) is 5.82 Å². The molecule has 4 rings (SSSR count). The van der Waals surface area contributed by atoms with Crippen molar-refractivity contribution in [1.29, 1.82) is 0 Å². The van der Waals surface area contributed by atoms with Gasteiger partial charge in [-0.2, -0.15) is 0 Å². The Balaban J connectivity index is 1.75. The molecule has 7 heteroatoms. The minimum atomic E-state index is -0.629. The molecule has 0 unspecified atom stereocenters. The van der Waals surface area contributed by atoms with Crippen LogP contribution in [0.2, 0.25) is 0 Å². The highest BCUT2D eigenvalue weighted by atomic mass is 32.1. The minimum absolute atomic E-state index is 0.216. The number of benzene rings is 3. The number of hydrogen-bond acceptors (Lipinski definition) is 6. The maximum Gasteiger partial charge on any atom is 0.396 e. The van der Waals surface area contributed by atoms with Crippen LogP contribution in [0.1, 0.15) is 10.4 Å². The first kappa shape index (κ1) is 17.9. The summed E-state index contributed by atoms with van der Waals surface area (Å²) in [5, 5.41) is 0. The van der Waals surface area contributed by atoms with Gasteiger partial charge in [0.2, 0.25) is 0 Å². The Bertz CT molecular complexity index is 1210. The zero-order valence-corrected chi connectivity index (χ0v) is 15.4. The fourth-order valence-electron chi connectivity index (χ4n) is 2.75. The third-order valence-electron chi connectivity index (χ3n) is 4.10. The van der Waals surface area contributed by atoms with E-state index in [9.17, 15) is 14.0 Å². The molecule has 0 saturated carbocycles. The Hall–Kier alpha value is -3.45. The minimum Gasteiger partial charge on any atom is -0.497 e. The molecule has 4 aromatic rings. The lowest BCUT2D eigenvalue weighted by Gasteiger charge is -2.08. The molecule has 0 atom stereocenters. The van der Waals surface area contributed by atoms with Crippen molar-refractivity contribution in [3.05, 3.63) is 81.8 Å². The van der Waals surface area contributed by atoms with Crippen molar-refractivity contribution in [2.24, 2.45) is 0 Å². The van der Waals surface area contributed by atoms with Crippen LogP contribution in [0.15, 0.2) is 69.9 Å². The molecule has 0 aliphatic heterocycles.